The van der Waals surface area contributed by atoms with Gasteiger partial charge in [0, 0.05) is 19.0 Å². The smallest absolute Gasteiger partial charge is 0.227 e. The van der Waals surface area contributed by atoms with Crippen molar-refractivity contribution in [1.29, 1.82) is 0 Å². The number of pyridine rings is 1. The van der Waals surface area contributed by atoms with Crippen molar-refractivity contribution in [2.75, 3.05) is 0 Å². The first-order valence-corrected chi connectivity index (χ1v) is 9.89. The van der Waals surface area contributed by atoms with Gasteiger partial charge >= 0.3 is 0 Å². The largest absolute Gasteiger partial charge is 0.347 e. The number of nitrogens with zero attached hydrogens (tertiary/aromatic N) is 4. The van der Waals surface area contributed by atoms with Gasteiger partial charge in [0.2, 0.25) is 17.6 Å². The molecule has 1 atom stereocenters. The molecule has 0 aliphatic rings. The van der Waals surface area contributed by atoms with Gasteiger partial charge in [-0.2, -0.15) is 4.98 Å². The summed E-state index contributed by atoms with van der Waals surface area (Å²) in [5, 5.41) is 7.85. The third-order valence-corrected chi connectivity index (χ3v) is 5.43. The van der Waals surface area contributed by atoms with Gasteiger partial charge in [-0.05, 0) is 37.6 Å². The number of thiazole rings is 1. The van der Waals surface area contributed by atoms with Crippen molar-refractivity contribution < 1.29 is 9.32 Å². The van der Waals surface area contributed by atoms with Gasteiger partial charge in [-0.3, -0.25) is 9.78 Å². The number of hydrogen-bond donors (Lipinski definition) is 1. The number of nitrogens with one attached hydrogen (secondary N) is 1. The van der Waals surface area contributed by atoms with E-state index in [2.05, 4.69) is 25.4 Å². The predicted molar refractivity (Wildman–Crippen MR) is 107 cm³/mol. The summed E-state index contributed by atoms with van der Waals surface area (Å²) in [5.41, 5.74) is 1.63. The Balaban J connectivity index is 1.27. The zero-order valence-electron chi connectivity index (χ0n) is 15.3. The van der Waals surface area contributed by atoms with Crippen LogP contribution in [0.2, 0.25) is 0 Å². The molecule has 0 fully saturated rings. The van der Waals surface area contributed by atoms with Crippen molar-refractivity contribution in [2.24, 2.45) is 0 Å². The molecule has 0 aliphatic carbocycles. The van der Waals surface area contributed by atoms with Crippen molar-refractivity contribution in [3.05, 3.63) is 59.6 Å². The Kier molecular flexibility index (Phi) is 5.38. The highest BCUT2D eigenvalue weighted by atomic mass is 32.1. The molecule has 4 aromatic rings. The molecule has 3 heterocycles. The lowest BCUT2D eigenvalue weighted by molar-refractivity contribution is -0.121. The minimum absolute atomic E-state index is 0.0174. The molecule has 8 heteroatoms. The number of aryl methyl sites for hydroxylation is 1. The normalized spacial score (nSPS) is 12.2. The first-order valence-electron chi connectivity index (χ1n) is 9.08. The summed E-state index contributed by atoms with van der Waals surface area (Å²) < 4.78 is 6.37. The maximum Gasteiger partial charge on any atom is 0.227 e. The van der Waals surface area contributed by atoms with Crippen LogP contribution < -0.4 is 5.32 Å². The Bertz CT molecular complexity index is 1040. The number of carbonyl (C=O) groups excluding carboxylic acids is 1. The van der Waals surface area contributed by atoms with Crippen molar-refractivity contribution in [3.8, 4) is 11.5 Å². The van der Waals surface area contributed by atoms with E-state index in [1.54, 1.807) is 17.5 Å². The van der Waals surface area contributed by atoms with Crippen LogP contribution in [-0.2, 0) is 11.2 Å². The Labute approximate surface area is 165 Å². The highest BCUT2D eigenvalue weighted by Crippen LogP contribution is 2.26. The van der Waals surface area contributed by atoms with Crippen LogP contribution in [0.3, 0.4) is 0 Å². The molecule has 1 aromatic carbocycles. The first kappa shape index (κ1) is 18.2. The van der Waals surface area contributed by atoms with E-state index in [0.29, 0.717) is 36.7 Å². The summed E-state index contributed by atoms with van der Waals surface area (Å²) in [6, 6.07) is 13.4. The summed E-state index contributed by atoms with van der Waals surface area (Å²) in [4.78, 5) is 25.4. The third-order valence-electron chi connectivity index (χ3n) is 4.21. The lowest BCUT2D eigenvalue weighted by Gasteiger charge is -2.10. The fraction of sp³-hybridized carbons (Fsp3) is 0.250. The van der Waals surface area contributed by atoms with Crippen LogP contribution in [0, 0.1) is 0 Å². The molecule has 0 saturated heterocycles. The van der Waals surface area contributed by atoms with Crippen molar-refractivity contribution in [3.63, 3.8) is 0 Å². The maximum atomic E-state index is 12.2. The quantitative estimate of drug-likeness (QED) is 0.511. The molecule has 0 radical (unpaired) electrons. The molecule has 0 spiro atoms. The number of hydrogen-bond acceptors (Lipinski definition) is 7. The van der Waals surface area contributed by atoms with Gasteiger partial charge in [0.1, 0.15) is 10.7 Å². The summed E-state index contributed by atoms with van der Waals surface area (Å²) in [5.74, 6) is 0.952. The third kappa shape index (κ3) is 4.23. The Hall–Kier alpha value is -3.13. The molecular formula is C20H19N5O2S. The van der Waals surface area contributed by atoms with Crippen LogP contribution in [0.25, 0.3) is 21.7 Å². The number of fused-ring (bicyclic) bond motifs is 1. The van der Waals surface area contributed by atoms with Crippen LogP contribution in [-0.4, -0.2) is 26.0 Å². The highest BCUT2D eigenvalue weighted by Gasteiger charge is 2.15. The molecule has 4 rings (SSSR count). The molecule has 0 saturated carbocycles. The summed E-state index contributed by atoms with van der Waals surface area (Å²) >= 11 is 1.60. The average Bonchev–Trinajstić information content (AvgIpc) is 3.36. The fourth-order valence-electron chi connectivity index (χ4n) is 2.81. The molecule has 0 unspecified atom stereocenters. The van der Waals surface area contributed by atoms with Gasteiger partial charge in [-0.1, -0.05) is 23.4 Å². The Morgan fingerprint density at radius 2 is 2.04 bits per heavy atom. The van der Waals surface area contributed by atoms with Gasteiger partial charge < -0.3 is 9.84 Å². The molecule has 0 aliphatic heterocycles. The van der Waals surface area contributed by atoms with E-state index in [1.807, 2.05) is 49.4 Å². The molecule has 142 valence electrons. The number of carbonyl (C=O) groups is 1. The summed E-state index contributed by atoms with van der Waals surface area (Å²) in [6.45, 7) is 1.95. The number of aromatic nitrogens is 4. The van der Waals surface area contributed by atoms with Crippen LogP contribution in [0.15, 0.2) is 53.2 Å². The second-order valence-electron chi connectivity index (χ2n) is 6.39. The second kappa shape index (κ2) is 8.26. The minimum atomic E-state index is -0.121. The van der Waals surface area contributed by atoms with E-state index in [4.69, 9.17) is 4.52 Å². The van der Waals surface area contributed by atoms with Crippen LogP contribution in [0.1, 0.15) is 36.7 Å². The molecular weight excluding hydrogens is 374 g/mol. The van der Waals surface area contributed by atoms with E-state index in [0.717, 1.165) is 15.2 Å². The van der Waals surface area contributed by atoms with Gasteiger partial charge in [0.05, 0.1) is 16.3 Å². The molecule has 7 nitrogen and oxygen atoms in total. The molecule has 1 amide bonds. The Morgan fingerprint density at radius 1 is 1.18 bits per heavy atom. The van der Waals surface area contributed by atoms with Crippen molar-refractivity contribution >= 4 is 27.5 Å². The maximum absolute atomic E-state index is 12.2. The monoisotopic (exact) mass is 393 g/mol. The topological polar surface area (TPSA) is 93.8 Å². The minimum Gasteiger partial charge on any atom is -0.347 e. The second-order valence-corrected chi connectivity index (χ2v) is 7.45. The van der Waals surface area contributed by atoms with Crippen molar-refractivity contribution in [1.82, 2.24) is 25.4 Å². The van der Waals surface area contributed by atoms with Crippen LogP contribution >= 0.6 is 11.3 Å². The van der Waals surface area contributed by atoms with Gasteiger partial charge in [-0.25, -0.2) is 4.98 Å². The SMILES string of the molecule is C[C@@H](NC(=O)CCCc1nc(-c2ccccn2)no1)c1nc2ccccc2s1. The molecule has 28 heavy (non-hydrogen) atoms. The standard InChI is InChI=1S/C20H19N5O2S/c1-13(20-23-14-7-2-3-9-16(14)28-20)22-17(26)10-6-11-18-24-19(25-27-18)15-8-4-5-12-21-15/h2-5,7-9,12-13H,6,10-11H2,1H3,(H,22,26)/t13-/m1/s1. The van der Waals surface area contributed by atoms with Gasteiger partial charge in [0.25, 0.3) is 0 Å². The van der Waals surface area contributed by atoms with Crippen LogP contribution in [0.4, 0.5) is 0 Å². The van der Waals surface area contributed by atoms with E-state index >= 15 is 0 Å². The van der Waals surface area contributed by atoms with Gasteiger partial charge in [0.15, 0.2) is 0 Å². The van der Waals surface area contributed by atoms with E-state index in [9.17, 15) is 4.79 Å². The zero-order valence-corrected chi connectivity index (χ0v) is 16.1. The predicted octanol–water partition coefficient (Wildman–Crippen LogP) is 3.94. The van der Waals surface area contributed by atoms with E-state index in [-0.39, 0.29) is 11.9 Å². The fourth-order valence-corrected chi connectivity index (χ4v) is 3.78. The number of amides is 1. The number of benzene rings is 1. The molecule has 0 bridgehead atoms. The summed E-state index contributed by atoms with van der Waals surface area (Å²) in [7, 11) is 0. The molecule has 3 aromatic heterocycles. The van der Waals surface area contributed by atoms with E-state index in [1.165, 1.54) is 0 Å². The number of rotatable bonds is 7. The van der Waals surface area contributed by atoms with Crippen molar-refractivity contribution in [2.45, 2.75) is 32.2 Å². The summed E-state index contributed by atoms with van der Waals surface area (Å²) in [6.07, 6.45) is 3.24. The first-order chi connectivity index (χ1) is 13.7. The van der Waals surface area contributed by atoms with E-state index < -0.39 is 0 Å². The number of para-hydroxylation sites is 1. The molecule has 1 N–H and O–H groups in total. The highest BCUT2D eigenvalue weighted by molar-refractivity contribution is 7.18. The lowest BCUT2D eigenvalue weighted by Crippen LogP contribution is -2.26. The average molecular weight is 393 g/mol. The van der Waals surface area contributed by atoms with Crippen LogP contribution in [0.5, 0.6) is 0 Å². The lowest BCUT2D eigenvalue weighted by atomic mass is 10.2. The zero-order chi connectivity index (χ0) is 19.3. The Morgan fingerprint density at radius 3 is 2.86 bits per heavy atom. The van der Waals surface area contributed by atoms with Gasteiger partial charge in [-0.15, -0.1) is 11.3 Å².